The minimum Gasteiger partial charge on any atom is -0.426 e. The Balaban J connectivity index is 2.33. The zero-order chi connectivity index (χ0) is 23.2. The fraction of sp³-hybridized carbons (Fsp3) is 0.350. The van der Waals surface area contributed by atoms with Gasteiger partial charge >= 0.3 is 7.12 Å². The van der Waals surface area contributed by atoms with E-state index < -0.39 is 35.0 Å². The van der Waals surface area contributed by atoms with E-state index in [1.54, 1.807) is 30.3 Å². The lowest BCUT2D eigenvalue weighted by molar-refractivity contribution is -0.123. The summed E-state index contributed by atoms with van der Waals surface area (Å²) in [7, 11) is -6.00. The quantitative estimate of drug-likeness (QED) is 0.385. The average Bonchev–Trinajstić information content (AvgIpc) is 2.69. The van der Waals surface area contributed by atoms with Crippen molar-refractivity contribution in [2.45, 2.75) is 43.6 Å². The van der Waals surface area contributed by atoms with Gasteiger partial charge in [0.2, 0.25) is 15.9 Å². The van der Waals surface area contributed by atoms with Crippen LogP contribution < -0.4 is 10.0 Å². The van der Waals surface area contributed by atoms with Gasteiger partial charge in [0, 0.05) is 5.02 Å². The second kappa shape index (κ2) is 11.3. The number of benzene rings is 2. The molecular formula is C20H25BCl2N2O5S. The summed E-state index contributed by atoms with van der Waals surface area (Å²) < 4.78 is 28.3. The van der Waals surface area contributed by atoms with E-state index in [4.69, 9.17) is 23.2 Å². The lowest BCUT2D eigenvalue weighted by Crippen LogP contribution is -2.54. The van der Waals surface area contributed by atoms with Gasteiger partial charge in [-0.2, -0.15) is 4.72 Å². The predicted octanol–water partition coefficient (Wildman–Crippen LogP) is 2.43. The molecule has 11 heteroatoms. The lowest BCUT2D eigenvalue weighted by Gasteiger charge is -2.24. The first-order valence-electron chi connectivity index (χ1n) is 9.67. The molecular weight excluding hydrogens is 462 g/mol. The van der Waals surface area contributed by atoms with Gasteiger partial charge < -0.3 is 15.4 Å². The smallest absolute Gasteiger partial charge is 0.426 e. The van der Waals surface area contributed by atoms with E-state index in [9.17, 15) is 23.3 Å². The SMILES string of the molecule is CC(C)C[C@H](NC(=O)[C@H](Cc1ccccc1)NS(=O)(=O)c1cc(Cl)ccc1Cl)B(O)O. The van der Waals surface area contributed by atoms with Crippen molar-refractivity contribution in [3.05, 3.63) is 64.1 Å². The van der Waals surface area contributed by atoms with Crippen molar-refractivity contribution in [1.82, 2.24) is 10.0 Å². The van der Waals surface area contributed by atoms with Crippen molar-refractivity contribution in [1.29, 1.82) is 0 Å². The van der Waals surface area contributed by atoms with E-state index in [1.165, 1.54) is 18.2 Å². The molecule has 0 heterocycles. The van der Waals surface area contributed by atoms with E-state index in [1.807, 2.05) is 13.8 Å². The third kappa shape index (κ3) is 7.78. The van der Waals surface area contributed by atoms with Crippen molar-refractivity contribution >= 4 is 46.3 Å². The van der Waals surface area contributed by atoms with E-state index in [2.05, 4.69) is 10.0 Å². The Labute approximate surface area is 193 Å². The van der Waals surface area contributed by atoms with Gasteiger partial charge in [-0.3, -0.25) is 4.79 Å². The Bertz CT molecular complexity index is 990. The van der Waals surface area contributed by atoms with Gasteiger partial charge in [-0.05, 0) is 42.5 Å². The first-order chi connectivity index (χ1) is 14.5. The van der Waals surface area contributed by atoms with E-state index in [-0.39, 0.29) is 27.3 Å². The third-order valence-electron chi connectivity index (χ3n) is 4.49. The van der Waals surface area contributed by atoms with Crippen LogP contribution in [0.2, 0.25) is 10.0 Å². The number of carbonyl (C=O) groups excluding carboxylic acids is 1. The van der Waals surface area contributed by atoms with Gasteiger partial charge in [0.1, 0.15) is 10.9 Å². The van der Waals surface area contributed by atoms with Gasteiger partial charge in [-0.15, -0.1) is 0 Å². The number of amides is 1. The second-order valence-corrected chi connectivity index (χ2v) is 10.1. The zero-order valence-electron chi connectivity index (χ0n) is 17.1. The van der Waals surface area contributed by atoms with Crippen LogP contribution in [0.4, 0.5) is 0 Å². The molecule has 2 aromatic rings. The van der Waals surface area contributed by atoms with Gasteiger partial charge in [0.25, 0.3) is 0 Å². The normalized spacial score (nSPS) is 13.6. The zero-order valence-corrected chi connectivity index (χ0v) is 19.5. The molecule has 2 aromatic carbocycles. The van der Waals surface area contributed by atoms with E-state index >= 15 is 0 Å². The predicted molar refractivity (Wildman–Crippen MR) is 122 cm³/mol. The van der Waals surface area contributed by atoms with Gasteiger partial charge in [-0.1, -0.05) is 67.4 Å². The maximum absolute atomic E-state index is 13.0. The largest absolute Gasteiger partial charge is 0.475 e. The number of halogens is 2. The lowest BCUT2D eigenvalue weighted by atomic mass is 9.75. The molecule has 0 aliphatic rings. The highest BCUT2D eigenvalue weighted by Crippen LogP contribution is 2.25. The van der Waals surface area contributed by atoms with Gasteiger partial charge in [0.15, 0.2) is 0 Å². The van der Waals surface area contributed by atoms with Crippen LogP contribution in [-0.4, -0.2) is 43.5 Å². The summed E-state index contributed by atoms with van der Waals surface area (Å²) >= 11 is 12.0. The summed E-state index contributed by atoms with van der Waals surface area (Å²) in [6, 6.07) is 11.6. The molecule has 0 saturated carbocycles. The first kappa shape index (κ1) is 25.6. The summed E-state index contributed by atoms with van der Waals surface area (Å²) in [5, 5.41) is 21.9. The molecule has 2 atom stereocenters. The number of nitrogens with one attached hydrogen (secondary N) is 2. The van der Waals surface area contributed by atoms with Crippen LogP contribution in [0.3, 0.4) is 0 Å². The van der Waals surface area contributed by atoms with Crippen molar-refractivity contribution < 1.29 is 23.3 Å². The van der Waals surface area contributed by atoms with Crippen molar-refractivity contribution in [3.63, 3.8) is 0 Å². The highest BCUT2D eigenvalue weighted by atomic mass is 35.5. The fourth-order valence-electron chi connectivity index (χ4n) is 3.02. The Kier molecular flexibility index (Phi) is 9.36. The Hall–Kier alpha value is -1.62. The molecule has 0 spiro atoms. The molecule has 31 heavy (non-hydrogen) atoms. The van der Waals surface area contributed by atoms with Crippen LogP contribution >= 0.6 is 23.2 Å². The van der Waals surface area contributed by atoms with Crippen LogP contribution in [-0.2, 0) is 21.2 Å². The Morgan fingerprint density at radius 3 is 2.32 bits per heavy atom. The second-order valence-electron chi connectivity index (χ2n) is 7.60. The maximum atomic E-state index is 13.0. The highest BCUT2D eigenvalue weighted by molar-refractivity contribution is 7.89. The molecule has 0 aromatic heterocycles. The van der Waals surface area contributed by atoms with Crippen LogP contribution in [0, 0.1) is 5.92 Å². The van der Waals surface area contributed by atoms with E-state index in [0.29, 0.717) is 12.0 Å². The maximum Gasteiger partial charge on any atom is 0.475 e. The standard InChI is InChI=1S/C20H25BCl2N2O5S/c1-13(2)10-19(21(27)28)24-20(26)17(11-14-6-4-3-5-7-14)25-31(29,30)18-12-15(22)8-9-16(18)23/h3-9,12-13,17,19,25,27-28H,10-11H2,1-2H3,(H,24,26)/t17-,19-/m0/s1. The molecule has 0 fully saturated rings. The molecule has 0 aliphatic carbocycles. The molecule has 0 radical (unpaired) electrons. The Morgan fingerprint density at radius 2 is 1.74 bits per heavy atom. The average molecular weight is 487 g/mol. The molecule has 0 unspecified atom stereocenters. The number of carbonyl (C=O) groups is 1. The summed E-state index contributed by atoms with van der Waals surface area (Å²) in [4.78, 5) is 12.7. The number of rotatable bonds is 10. The van der Waals surface area contributed by atoms with Crippen LogP contribution in [0.25, 0.3) is 0 Å². The minimum absolute atomic E-state index is 0.0417. The molecule has 7 nitrogen and oxygen atoms in total. The molecule has 0 aliphatic heterocycles. The highest BCUT2D eigenvalue weighted by Gasteiger charge is 2.32. The van der Waals surface area contributed by atoms with Crippen LogP contribution in [0.5, 0.6) is 0 Å². The minimum atomic E-state index is -4.21. The molecule has 2 rings (SSSR count). The van der Waals surface area contributed by atoms with Crippen molar-refractivity contribution in [3.8, 4) is 0 Å². The van der Waals surface area contributed by atoms with Crippen molar-refractivity contribution in [2.75, 3.05) is 0 Å². The summed E-state index contributed by atoms with van der Waals surface area (Å²) in [5.74, 6) is -1.57. The molecule has 0 saturated heterocycles. The summed E-state index contributed by atoms with van der Waals surface area (Å²) in [6.45, 7) is 3.74. The molecule has 1 amide bonds. The van der Waals surface area contributed by atoms with E-state index in [0.717, 1.165) is 0 Å². The number of hydrogen-bond donors (Lipinski definition) is 4. The topological polar surface area (TPSA) is 116 Å². The van der Waals surface area contributed by atoms with Crippen LogP contribution in [0.1, 0.15) is 25.8 Å². The number of hydrogen-bond acceptors (Lipinski definition) is 5. The Morgan fingerprint density at radius 1 is 1.10 bits per heavy atom. The molecule has 0 bridgehead atoms. The van der Waals surface area contributed by atoms with Crippen LogP contribution in [0.15, 0.2) is 53.4 Å². The summed E-state index contributed by atoms with van der Waals surface area (Å²) in [5.41, 5.74) is 0.715. The fourth-order valence-corrected chi connectivity index (χ4v) is 4.98. The number of sulfonamides is 1. The summed E-state index contributed by atoms with van der Waals surface area (Å²) in [6.07, 6.45) is 0.342. The first-order valence-corrected chi connectivity index (χ1v) is 11.9. The van der Waals surface area contributed by atoms with Gasteiger partial charge in [-0.25, -0.2) is 8.42 Å². The monoisotopic (exact) mass is 486 g/mol. The van der Waals surface area contributed by atoms with Crippen molar-refractivity contribution in [2.24, 2.45) is 5.92 Å². The molecule has 168 valence electrons. The third-order valence-corrected chi connectivity index (χ3v) is 6.68. The molecule has 4 N–H and O–H groups in total. The van der Waals surface area contributed by atoms with Gasteiger partial charge in [0.05, 0.1) is 11.0 Å².